The van der Waals surface area contributed by atoms with Crippen LogP contribution in [0.5, 0.6) is 0 Å². The summed E-state index contributed by atoms with van der Waals surface area (Å²) in [7, 11) is 0. The predicted octanol–water partition coefficient (Wildman–Crippen LogP) is 4.85. The van der Waals surface area contributed by atoms with Crippen LogP contribution in [0.4, 0.5) is 17.6 Å². The van der Waals surface area contributed by atoms with Gasteiger partial charge in [-0.15, -0.1) is 11.3 Å². The fourth-order valence-corrected chi connectivity index (χ4v) is 4.63. The van der Waals surface area contributed by atoms with E-state index in [2.05, 4.69) is 15.4 Å². The largest absolute Gasteiger partial charge is 0.390 e. The van der Waals surface area contributed by atoms with Crippen molar-refractivity contribution in [1.82, 2.24) is 20.1 Å². The maximum atomic E-state index is 13.4. The molecule has 0 radical (unpaired) electrons. The molecule has 1 aliphatic rings. The lowest BCUT2D eigenvalue weighted by molar-refractivity contribution is -0.137. The molecule has 1 fully saturated rings. The molecule has 1 N–H and O–H groups in total. The Balaban J connectivity index is 1.50. The number of alkyl halides is 3. The first-order valence-electron chi connectivity index (χ1n) is 11.0. The van der Waals surface area contributed by atoms with Crippen molar-refractivity contribution < 1.29 is 27.1 Å². The summed E-state index contributed by atoms with van der Waals surface area (Å²) >= 11 is 1.28. The van der Waals surface area contributed by atoms with Gasteiger partial charge in [-0.05, 0) is 43.0 Å². The second kappa shape index (κ2) is 10.6. The SMILES string of the molecule is O=C(Cc1csc(-c2cnn(CCC(F)(F)F)c2-c2ccc(F)cc2)n1)NCC1CCOCC1. The third-order valence-corrected chi connectivity index (χ3v) is 6.54. The van der Waals surface area contributed by atoms with E-state index in [-0.39, 0.29) is 18.9 Å². The first-order valence-corrected chi connectivity index (χ1v) is 11.8. The monoisotopic (exact) mass is 496 g/mol. The van der Waals surface area contributed by atoms with Crippen molar-refractivity contribution in [3.63, 3.8) is 0 Å². The molecule has 0 saturated carbocycles. The molecule has 0 bridgehead atoms. The van der Waals surface area contributed by atoms with Crippen molar-refractivity contribution in [2.45, 2.75) is 38.4 Å². The normalized spacial score (nSPS) is 14.9. The van der Waals surface area contributed by atoms with Gasteiger partial charge in [-0.3, -0.25) is 9.48 Å². The van der Waals surface area contributed by atoms with E-state index in [0.29, 0.717) is 53.2 Å². The summed E-state index contributed by atoms with van der Waals surface area (Å²) in [5, 5.41) is 9.37. The molecule has 1 aliphatic heterocycles. The summed E-state index contributed by atoms with van der Waals surface area (Å²) in [4.78, 5) is 16.9. The first-order chi connectivity index (χ1) is 16.3. The van der Waals surface area contributed by atoms with Gasteiger partial charge < -0.3 is 10.1 Å². The Kier molecular flexibility index (Phi) is 7.62. The van der Waals surface area contributed by atoms with E-state index in [1.54, 1.807) is 5.38 Å². The third kappa shape index (κ3) is 6.41. The van der Waals surface area contributed by atoms with Crippen LogP contribution in [0.25, 0.3) is 21.8 Å². The highest BCUT2D eigenvalue weighted by Crippen LogP contribution is 2.35. The van der Waals surface area contributed by atoms with Gasteiger partial charge in [-0.2, -0.15) is 18.3 Å². The van der Waals surface area contributed by atoms with Crippen LogP contribution in [0.2, 0.25) is 0 Å². The summed E-state index contributed by atoms with van der Waals surface area (Å²) in [5.74, 6) is -0.178. The summed E-state index contributed by atoms with van der Waals surface area (Å²) in [6.45, 7) is 1.65. The number of amides is 1. The number of thiazole rings is 1. The van der Waals surface area contributed by atoms with E-state index in [4.69, 9.17) is 4.74 Å². The van der Waals surface area contributed by atoms with Gasteiger partial charge in [-0.25, -0.2) is 9.37 Å². The van der Waals surface area contributed by atoms with Gasteiger partial charge in [-0.1, -0.05) is 0 Å². The molecule has 4 rings (SSSR count). The minimum Gasteiger partial charge on any atom is -0.381 e. The molecule has 34 heavy (non-hydrogen) atoms. The van der Waals surface area contributed by atoms with Gasteiger partial charge in [0.25, 0.3) is 0 Å². The number of carbonyl (C=O) groups excluding carboxylic acids is 1. The Morgan fingerprint density at radius 1 is 1.21 bits per heavy atom. The van der Waals surface area contributed by atoms with Crippen LogP contribution >= 0.6 is 11.3 Å². The molecule has 3 aromatic rings. The highest BCUT2D eigenvalue weighted by Gasteiger charge is 2.28. The van der Waals surface area contributed by atoms with E-state index >= 15 is 0 Å². The molecule has 1 aromatic carbocycles. The minimum atomic E-state index is -4.33. The molecular formula is C23H24F4N4O2S. The van der Waals surface area contributed by atoms with Crippen LogP contribution in [0, 0.1) is 11.7 Å². The molecule has 1 saturated heterocycles. The van der Waals surface area contributed by atoms with Gasteiger partial charge in [0, 0.05) is 30.7 Å². The van der Waals surface area contributed by atoms with Gasteiger partial charge in [0.1, 0.15) is 10.8 Å². The molecule has 1 amide bonds. The molecule has 2 aromatic heterocycles. The summed E-state index contributed by atoms with van der Waals surface area (Å²) in [6.07, 6.45) is -1.97. The van der Waals surface area contributed by atoms with Crippen LogP contribution in [0.1, 0.15) is 25.0 Å². The average molecular weight is 497 g/mol. The van der Waals surface area contributed by atoms with Crippen molar-refractivity contribution in [3.05, 3.63) is 47.4 Å². The third-order valence-electron chi connectivity index (χ3n) is 5.62. The van der Waals surface area contributed by atoms with Crippen molar-refractivity contribution in [3.8, 4) is 21.8 Å². The van der Waals surface area contributed by atoms with E-state index in [0.717, 1.165) is 12.8 Å². The topological polar surface area (TPSA) is 69.0 Å². The van der Waals surface area contributed by atoms with Crippen molar-refractivity contribution >= 4 is 17.2 Å². The number of nitrogens with one attached hydrogen (secondary N) is 1. The number of rotatable bonds is 8. The van der Waals surface area contributed by atoms with Crippen molar-refractivity contribution in [1.29, 1.82) is 0 Å². The van der Waals surface area contributed by atoms with Crippen LogP contribution in [-0.4, -0.2) is 46.6 Å². The average Bonchev–Trinajstić information content (AvgIpc) is 3.44. The molecule has 0 atom stereocenters. The van der Waals surface area contributed by atoms with Crippen LogP contribution < -0.4 is 5.32 Å². The highest BCUT2D eigenvalue weighted by molar-refractivity contribution is 7.13. The zero-order valence-electron chi connectivity index (χ0n) is 18.3. The Bertz CT molecular complexity index is 1110. The summed E-state index contributed by atoms with van der Waals surface area (Å²) in [6, 6.07) is 5.49. The lowest BCUT2D eigenvalue weighted by Gasteiger charge is -2.22. The maximum Gasteiger partial charge on any atom is 0.390 e. The number of halogens is 4. The molecule has 3 heterocycles. The number of hydrogen-bond donors (Lipinski definition) is 1. The lowest BCUT2D eigenvalue weighted by Crippen LogP contribution is -2.33. The van der Waals surface area contributed by atoms with Gasteiger partial charge >= 0.3 is 6.18 Å². The standard InChI is InChI=1S/C23H24F4N4O2S/c24-17-3-1-16(2-4-17)21-19(13-29-31(21)8-7-23(25,26)27)22-30-18(14-34-22)11-20(32)28-12-15-5-9-33-10-6-15/h1-4,13-15H,5-12H2,(H,28,32). The molecule has 6 nitrogen and oxygen atoms in total. The quantitative estimate of drug-likeness (QED) is 0.453. The fraction of sp³-hybridized carbons (Fsp3) is 0.435. The van der Waals surface area contributed by atoms with Crippen LogP contribution in [-0.2, 0) is 22.5 Å². The van der Waals surface area contributed by atoms with Gasteiger partial charge in [0.05, 0.1) is 42.5 Å². The predicted molar refractivity (Wildman–Crippen MR) is 120 cm³/mol. The molecule has 0 aliphatic carbocycles. The van der Waals surface area contributed by atoms with Crippen molar-refractivity contribution in [2.75, 3.05) is 19.8 Å². The maximum absolute atomic E-state index is 13.4. The Morgan fingerprint density at radius 3 is 2.65 bits per heavy atom. The zero-order chi connectivity index (χ0) is 24.1. The number of aromatic nitrogens is 3. The Morgan fingerprint density at radius 2 is 1.94 bits per heavy atom. The molecular weight excluding hydrogens is 472 g/mol. The molecule has 182 valence electrons. The highest BCUT2D eigenvalue weighted by atomic mass is 32.1. The Hall–Kier alpha value is -2.79. The van der Waals surface area contributed by atoms with Gasteiger partial charge in [0.2, 0.25) is 5.91 Å². The van der Waals surface area contributed by atoms with Crippen LogP contribution in [0.3, 0.4) is 0 Å². The number of carbonyl (C=O) groups is 1. The lowest BCUT2D eigenvalue weighted by atomic mass is 10.0. The molecule has 0 unspecified atom stereocenters. The second-order valence-corrected chi connectivity index (χ2v) is 9.04. The summed E-state index contributed by atoms with van der Waals surface area (Å²) < 4.78 is 58.5. The Labute approximate surface area is 198 Å². The summed E-state index contributed by atoms with van der Waals surface area (Å²) in [5.41, 5.74) is 2.06. The number of nitrogens with zero attached hydrogens (tertiary/aromatic N) is 3. The van der Waals surface area contributed by atoms with E-state index in [9.17, 15) is 22.4 Å². The number of ether oxygens (including phenoxy) is 1. The minimum absolute atomic E-state index is 0.105. The first kappa shape index (κ1) is 24.3. The number of hydrogen-bond acceptors (Lipinski definition) is 5. The smallest absolute Gasteiger partial charge is 0.381 e. The van der Waals surface area contributed by atoms with Crippen LogP contribution in [0.15, 0.2) is 35.8 Å². The fourth-order valence-electron chi connectivity index (χ4n) is 3.80. The van der Waals surface area contributed by atoms with E-state index < -0.39 is 18.4 Å². The number of aryl methyl sites for hydroxylation is 1. The van der Waals surface area contributed by atoms with Gasteiger partial charge in [0.15, 0.2) is 0 Å². The second-order valence-electron chi connectivity index (χ2n) is 8.18. The molecule has 0 spiro atoms. The van der Waals surface area contributed by atoms with E-state index in [1.807, 2.05) is 0 Å². The van der Waals surface area contributed by atoms with Crippen molar-refractivity contribution in [2.24, 2.45) is 5.92 Å². The zero-order valence-corrected chi connectivity index (χ0v) is 19.1. The molecule has 11 heteroatoms. The number of benzene rings is 1. The van der Waals surface area contributed by atoms with E-state index in [1.165, 1.54) is 46.5 Å².